The van der Waals surface area contributed by atoms with E-state index in [2.05, 4.69) is 82.3 Å². The van der Waals surface area contributed by atoms with Crippen molar-refractivity contribution in [3.8, 4) is 0 Å². The van der Waals surface area contributed by atoms with Gasteiger partial charge in [-0.05, 0) is 12.2 Å². The molecule has 0 amide bonds. The van der Waals surface area contributed by atoms with Crippen LogP contribution in [0.2, 0.25) is 0 Å². The molecule has 0 aromatic heterocycles. The first-order valence-corrected chi connectivity index (χ1v) is 20.7. The topological polar surface area (TPSA) is 47.9 Å². The van der Waals surface area contributed by atoms with E-state index in [1.807, 2.05) is 12.2 Å². The molecule has 0 bridgehead atoms. The molecule has 23 heavy (non-hydrogen) atoms. The normalized spacial score (nSPS) is 30.3. The van der Waals surface area contributed by atoms with E-state index in [0.29, 0.717) is 11.4 Å². The van der Waals surface area contributed by atoms with Crippen LogP contribution in [0.4, 0.5) is 0 Å². The van der Waals surface area contributed by atoms with E-state index in [-0.39, 0.29) is 72.0 Å². The van der Waals surface area contributed by atoms with Gasteiger partial charge in [-0.3, -0.25) is 12.8 Å². The number of alkyl halides is 1. The van der Waals surface area contributed by atoms with E-state index >= 15 is 0 Å². The van der Waals surface area contributed by atoms with Crippen LogP contribution in [0.5, 0.6) is 0 Å². The summed E-state index contributed by atoms with van der Waals surface area (Å²) in [6.07, 6.45) is 8.25. The Morgan fingerprint density at radius 1 is 1.26 bits per heavy atom. The quantitative estimate of drug-likeness (QED) is 0.199. The number of halogens is 4. The number of hydrogen-bond donors (Lipinski definition) is 1. The van der Waals surface area contributed by atoms with E-state index in [4.69, 9.17) is 19.3 Å². The SMILES string of the molecule is Br[C@H]1CO[C@@H]2[CH-]CO[C@@H]12.OC[CH-][C@@H]1C=CCO1.[I][V]([I])[I].[W].[W]. The molecule has 0 spiro atoms. The van der Waals surface area contributed by atoms with E-state index in [9.17, 15) is 0 Å². The van der Waals surface area contributed by atoms with Gasteiger partial charge < -0.3 is 19.3 Å². The average Bonchev–Trinajstić information content (AvgIpc) is 3.11. The molecule has 3 rings (SSSR count). The summed E-state index contributed by atoms with van der Waals surface area (Å²) in [7, 11) is 0. The maximum atomic E-state index is 8.36. The second-order valence-electron chi connectivity index (χ2n) is 4.18. The minimum absolute atomic E-state index is 0. The monoisotopic (exact) mass is 1100 g/mol. The molecule has 4 nitrogen and oxygen atoms in total. The van der Waals surface area contributed by atoms with Crippen molar-refractivity contribution in [2.45, 2.75) is 23.1 Å². The first-order chi connectivity index (χ1) is 10.0. The molecule has 0 aromatic carbocycles. The number of rotatable bonds is 2. The number of hydrogen-bond acceptors (Lipinski definition) is 4. The van der Waals surface area contributed by atoms with Gasteiger partial charge in [0.05, 0.1) is 24.1 Å². The molecule has 0 aliphatic carbocycles. The van der Waals surface area contributed by atoms with Crippen molar-refractivity contribution in [3.63, 3.8) is 0 Å². The molecule has 2 saturated heterocycles. The number of fused-ring (bicyclic) bond motifs is 1. The van der Waals surface area contributed by atoms with Gasteiger partial charge in [-0.2, -0.15) is 0 Å². The summed E-state index contributed by atoms with van der Waals surface area (Å²) >= 11 is 10.9. The summed E-state index contributed by atoms with van der Waals surface area (Å²) in [6, 6.07) is 0. The summed E-state index contributed by atoms with van der Waals surface area (Å²) in [6.45, 7) is 2.30. The number of aliphatic hydroxyl groups excluding tert-OH is 1. The van der Waals surface area contributed by atoms with Gasteiger partial charge in [0.2, 0.25) is 0 Å². The van der Waals surface area contributed by atoms with Crippen LogP contribution >= 0.6 is 75.9 Å². The Bertz CT molecular complexity index is 319. The molecule has 3 heterocycles. The zero-order valence-electron chi connectivity index (χ0n) is 11.9. The molecule has 0 aromatic rings. The first-order valence-electron chi connectivity index (χ1n) is 6.25. The molecule has 0 radical (unpaired) electrons. The van der Waals surface area contributed by atoms with E-state index in [1.54, 1.807) is 6.42 Å². The van der Waals surface area contributed by atoms with Crippen LogP contribution < -0.4 is 0 Å². The Kier molecular flexibility index (Phi) is 23.3. The average molecular weight is 1100 g/mol. The molecular formula is C12H17BrI3O4VW2-2. The summed E-state index contributed by atoms with van der Waals surface area (Å²) < 4.78 is 15.8. The van der Waals surface area contributed by atoms with Gasteiger partial charge in [0.1, 0.15) is 0 Å². The largest absolute Gasteiger partial charge is 0 e. The zero-order valence-corrected chi connectivity index (χ0v) is 27.2. The van der Waals surface area contributed by atoms with Crippen LogP contribution in [0.1, 0.15) is 0 Å². The predicted molar refractivity (Wildman–Crippen MR) is 109 cm³/mol. The molecule has 4 atom stereocenters. The molecule has 1 N–H and O–H groups in total. The van der Waals surface area contributed by atoms with Gasteiger partial charge >= 0.3 is 64.9 Å². The Labute approximate surface area is 213 Å². The fraction of sp³-hybridized carbons (Fsp3) is 0.667. The zero-order chi connectivity index (χ0) is 15.7. The third kappa shape index (κ3) is 13.9. The Hall–Kier alpha value is 4.21. The molecule has 3 aliphatic rings. The van der Waals surface area contributed by atoms with Crippen molar-refractivity contribution in [2.75, 3.05) is 26.4 Å². The summed E-state index contributed by atoms with van der Waals surface area (Å²) in [5.74, 6) is 0. The third-order valence-electron chi connectivity index (χ3n) is 2.79. The van der Waals surface area contributed by atoms with Crippen LogP contribution in [-0.2, 0) is 61.3 Å². The fourth-order valence-corrected chi connectivity index (χ4v) is 2.53. The van der Waals surface area contributed by atoms with Gasteiger partial charge in [0.15, 0.2) is 0 Å². The van der Waals surface area contributed by atoms with Crippen molar-refractivity contribution >= 4 is 75.9 Å². The smallest absolute Gasteiger partial charge is 0 e. The molecule has 0 unspecified atom stereocenters. The maximum Gasteiger partial charge on any atom is 0 e. The number of aliphatic hydroxyl groups is 1. The summed E-state index contributed by atoms with van der Waals surface area (Å²) in [4.78, 5) is 0.126. The van der Waals surface area contributed by atoms with Crippen LogP contribution in [0.15, 0.2) is 12.2 Å². The second-order valence-corrected chi connectivity index (χ2v) is 40.7. The van der Waals surface area contributed by atoms with E-state index in [0.717, 1.165) is 13.2 Å². The van der Waals surface area contributed by atoms with Crippen molar-refractivity contribution in [1.82, 2.24) is 0 Å². The molecule has 11 heteroatoms. The maximum absolute atomic E-state index is 8.36. The van der Waals surface area contributed by atoms with Crippen LogP contribution in [0.3, 0.4) is 0 Å². The van der Waals surface area contributed by atoms with Gasteiger partial charge in [0.25, 0.3) is 0 Å². The molecule has 0 saturated carbocycles. The first kappa shape index (κ1) is 29.4. The Morgan fingerprint density at radius 2 is 1.91 bits per heavy atom. The molecule has 136 valence electrons. The molecule has 2 fully saturated rings. The fourth-order valence-electron chi connectivity index (χ4n) is 1.92. The van der Waals surface area contributed by atoms with Crippen molar-refractivity contribution in [1.29, 1.82) is 0 Å². The van der Waals surface area contributed by atoms with Gasteiger partial charge in [0, 0.05) is 42.1 Å². The molecular weight excluding hydrogens is 1090 g/mol. The summed E-state index contributed by atoms with van der Waals surface area (Å²) in [5.41, 5.74) is 0. The second kappa shape index (κ2) is 18.3. The minimum Gasteiger partial charge on any atom is 0 e. The predicted octanol–water partition coefficient (Wildman–Crippen LogP) is 3.54. The van der Waals surface area contributed by atoms with Crippen molar-refractivity contribution in [2.24, 2.45) is 0 Å². The van der Waals surface area contributed by atoms with E-state index < -0.39 is 0 Å². The van der Waals surface area contributed by atoms with Crippen LogP contribution in [0, 0.1) is 12.8 Å². The molecule has 3 aliphatic heterocycles. The number of ether oxygens (including phenoxy) is 3. The van der Waals surface area contributed by atoms with Crippen molar-refractivity contribution in [3.05, 3.63) is 25.0 Å². The van der Waals surface area contributed by atoms with Gasteiger partial charge in [-0.25, -0.2) is 0 Å². The Morgan fingerprint density at radius 3 is 2.39 bits per heavy atom. The summed E-state index contributed by atoms with van der Waals surface area (Å²) in [5, 5.41) is 8.36. The Balaban J connectivity index is 0. The van der Waals surface area contributed by atoms with Crippen molar-refractivity contribution < 1.29 is 66.4 Å². The van der Waals surface area contributed by atoms with Gasteiger partial charge in [-0.15, -0.1) is 0 Å². The minimum atomic E-state index is -0.278. The third-order valence-corrected chi connectivity index (χ3v) is 3.58. The van der Waals surface area contributed by atoms with Gasteiger partial charge in [-0.1, -0.05) is 41.3 Å². The van der Waals surface area contributed by atoms with E-state index in [1.165, 1.54) is 0 Å². The van der Waals surface area contributed by atoms with Crippen LogP contribution in [-0.4, -0.2) is 54.7 Å². The van der Waals surface area contributed by atoms with Crippen LogP contribution in [0.25, 0.3) is 0 Å². The standard InChI is InChI=1S/C6H8BrO2.C6H9O2.3HI.V.2W/c7-4-3-9-5-1-2-8-6(4)5;7-4-3-6-2-1-5-8-6;;;;;;/h1,4-6H,2-3H2;1-3,6-7H,4-5H2;3*1H;;;/q2*-1;;;;+3;;/p-3/t4-,5+,6-;6-;;;;;;/m00....../s1.